The Morgan fingerprint density at radius 3 is 2.55 bits per heavy atom. The molecule has 0 saturated heterocycles. The monoisotopic (exact) mass is 289 g/mol. The van der Waals surface area contributed by atoms with Gasteiger partial charge in [-0.05, 0) is 37.6 Å². The van der Waals surface area contributed by atoms with Gasteiger partial charge in [-0.25, -0.2) is 0 Å². The highest BCUT2D eigenvalue weighted by molar-refractivity contribution is 7.12. The van der Waals surface area contributed by atoms with E-state index in [1.165, 1.54) is 15.3 Å². The fraction of sp³-hybridized carbons (Fsp3) is 0.375. The van der Waals surface area contributed by atoms with Gasteiger partial charge in [-0.15, -0.1) is 11.3 Å². The number of ether oxygens (including phenoxy) is 2. The van der Waals surface area contributed by atoms with Crippen molar-refractivity contribution in [1.29, 1.82) is 0 Å². The van der Waals surface area contributed by atoms with Crippen molar-refractivity contribution < 1.29 is 9.47 Å². The second-order valence-corrected chi connectivity index (χ2v) is 7.02. The van der Waals surface area contributed by atoms with Gasteiger partial charge in [0.25, 0.3) is 0 Å². The van der Waals surface area contributed by atoms with Gasteiger partial charge in [0.05, 0.1) is 0 Å². The zero-order valence-corrected chi connectivity index (χ0v) is 13.1. The maximum absolute atomic E-state index is 5.75. The lowest BCUT2D eigenvalue weighted by atomic mass is 10.2. The molecule has 106 valence electrons. The predicted octanol–water partition coefficient (Wildman–Crippen LogP) is 4.48. The summed E-state index contributed by atoms with van der Waals surface area (Å²) in [5.41, 5.74) is 2.40. The lowest BCUT2D eigenvalue weighted by molar-refractivity contribution is -0.0431. The van der Waals surface area contributed by atoms with Crippen molar-refractivity contribution in [3.63, 3.8) is 0 Å². The first-order valence-corrected chi connectivity index (χ1v) is 7.56. The molecule has 0 amide bonds. The summed E-state index contributed by atoms with van der Waals surface area (Å²) in [6.07, 6.45) is 0. The van der Waals surface area contributed by atoms with Crippen molar-refractivity contribution in [2.24, 2.45) is 0 Å². The van der Waals surface area contributed by atoms with Crippen LogP contribution in [0.1, 0.15) is 29.2 Å². The fourth-order valence-corrected chi connectivity index (χ4v) is 3.34. The van der Waals surface area contributed by atoms with Gasteiger partial charge in [-0.2, -0.15) is 0 Å². The number of hydrogen-bond donors (Lipinski definition) is 1. The van der Waals surface area contributed by atoms with Crippen LogP contribution < -0.4 is 14.8 Å². The zero-order valence-electron chi connectivity index (χ0n) is 12.2. The predicted molar refractivity (Wildman–Crippen MR) is 82.9 cm³/mol. The standard InChI is InChI=1S/C16H19NO2S/c1-10-7-12(11(2)20-10)9-17-13-5-6-14-15(8-13)19-16(3,4)18-14/h5-8,17H,9H2,1-4H3. The average molecular weight is 289 g/mol. The third-order valence-electron chi connectivity index (χ3n) is 3.28. The second-order valence-electron chi connectivity index (χ2n) is 5.56. The van der Waals surface area contributed by atoms with Crippen molar-refractivity contribution in [1.82, 2.24) is 0 Å². The number of aryl methyl sites for hydroxylation is 2. The van der Waals surface area contributed by atoms with Gasteiger partial charge in [0.1, 0.15) is 0 Å². The molecule has 1 aromatic carbocycles. The zero-order chi connectivity index (χ0) is 14.3. The molecule has 0 atom stereocenters. The molecular weight excluding hydrogens is 270 g/mol. The number of nitrogens with one attached hydrogen (secondary N) is 1. The molecule has 1 aromatic heterocycles. The summed E-state index contributed by atoms with van der Waals surface area (Å²) < 4.78 is 11.4. The molecule has 1 aliphatic heterocycles. The van der Waals surface area contributed by atoms with Gasteiger partial charge < -0.3 is 14.8 Å². The van der Waals surface area contributed by atoms with Crippen LogP contribution in [0.3, 0.4) is 0 Å². The Morgan fingerprint density at radius 1 is 1.10 bits per heavy atom. The molecule has 3 nitrogen and oxygen atoms in total. The highest BCUT2D eigenvalue weighted by atomic mass is 32.1. The highest BCUT2D eigenvalue weighted by Crippen LogP contribution is 2.40. The Bertz CT molecular complexity index is 646. The number of fused-ring (bicyclic) bond motifs is 1. The van der Waals surface area contributed by atoms with E-state index in [0.29, 0.717) is 0 Å². The molecule has 0 saturated carbocycles. The van der Waals surface area contributed by atoms with E-state index in [1.54, 1.807) is 0 Å². The molecule has 1 aliphatic rings. The van der Waals surface area contributed by atoms with E-state index in [1.807, 2.05) is 43.4 Å². The summed E-state index contributed by atoms with van der Waals surface area (Å²) in [5, 5.41) is 3.44. The van der Waals surface area contributed by atoms with Crippen LogP contribution in [0.2, 0.25) is 0 Å². The Hall–Kier alpha value is -1.68. The number of rotatable bonds is 3. The number of benzene rings is 1. The van der Waals surface area contributed by atoms with Crippen LogP contribution >= 0.6 is 11.3 Å². The van der Waals surface area contributed by atoms with Gasteiger partial charge in [0.2, 0.25) is 5.79 Å². The lowest BCUT2D eigenvalue weighted by Crippen LogP contribution is -2.29. The first kappa shape index (κ1) is 13.3. The Labute approximate surface area is 123 Å². The Kier molecular flexibility index (Phi) is 3.13. The van der Waals surface area contributed by atoms with Crippen LogP contribution in [0.15, 0.2) is 24.3 Å². The molecule has 4 heteroatoms. The molecule has 0 bridgehead atoms. The molecule has 0 aliphatic carbocycles. The van der Waals surface area contributed by atoms with Crippen LogP contribution in [0.4, 0.5) is 5.69 Å². The van der Waals surface area contributed by atoms with E-state index in [2.05, 4.69) is 25.2 Å². The normalized spacial score (nSPS) is 15.4. The van der Waals surface area contributed by atoms with Crippen molar-refractivity contribution in [2.45, 2.75) is 40.0 Å². The van der Waals surface area contributed by atoms with Crippen LogP contribution in [0.5, 0.6) is 11.5 Å². The molecule has 2 aromatic rings. The Balaban J connectivity index is 1.72. The molecule has 1 N–H and O–H groups in total. The van der Waals surface area contributed by atoms with Gasteiger partial charge in [-0.3, -0.25) is 0 Å². The summed E-state index contributed by atoms with van der Waals surface area (Å²) in [6, 6.07) is 8.22. The SMILES string of the molecule is Cc1cc(CNc2ccc3c(c2)OC(C)(C)O3)c(C)s1. The van der Waals surface area contributed by atoms with Crippen molar-refractivity contribution in [3.8, 4) is 11.5 Å². The van der Waals surface area contributed by atoms with Crippen molar-refractivity contribution >= 4 is 17.0 Å². The van der Waals surface area contributed by atoms with Crippen molar-refractivity contribution in [3.05, 3.63) is 39.6 Å². The van der Waals surface area contributed by atoms with Crippen LogP contribution in [-0.4, -0.2) is 5.79 Å². The quantitative estimate of drug-likeness (QED) is 0.903. The summed E-state index contributed by atoms with van der Waals surface area (Å²) in [5.74, 6) is 1.04. The molecule has 0 radical (unpaired) electrons. The average Bonchev–Trinajstić information content (AvgIpc) is 2.83. The van der Waals surface area contributed by atoms with Gasteiger partial charge >= 0.3 is 0 Å². The highest BCUT2D eigenvalue weighted by Gasteiger charge is 2.31. The number of thiophene rings is 1. The maximum Gasteiger partial charge on any atom is 0.246 e. The third kappa shape index (κ3) is 2.61. The number of hydrogen-bond acceptors (Lipinski definition) is 4. The van der Waals surface area contributed by atoms with Crippen LogP contribution in [-0.2, 0) is 6.54 Å². The van der Waals surface area contributed by atoms with Gasteiger partial charge in [0, 0.05) is 41.9 Å². The maximum atomic E-state index is 5.75. The van der Waals surface area contributed by atoms with E-state index in [0.717, 1.165) is 23.7 Å². The minimum absolute atomic E-state index is 0.567. The minimum atomic E-state index is -0.567. The first-order chi connectivity index (χ1) is 9.43. The van der Waals surface area contributed by atoms with E-state index >= 15 is 0 Å². The largest absolute Gasteiger partial charge is 0.449 e. The van der Waals surface area contributed by atoms with Crippen molar-refractivity contribution in [2.75, 3.05) is 5.32 Å². The summed E-state index contributed by atoms with van der Waals surface area (Å²) in [6.45, 7) is 8.97. The molecule has 0 unspecified atom stereocenters. The van der Waals surface area contributed by atoms with Crippen LogP contribution in [0, 0.1) is 13.8 Å². The minimum Gasteiger partial charge on any atom is -0.449 e. The van der Waals surface area contributed by atoms with E-state index in [-0.39, 0.29) is 0 Å². The van der Waals surface area contributed by atoms with Gasteiger partial charge in [0.15, 0.2) is 11.5 Å². The summed E-state index contributed by atoms with van der Waals surface area (Å²) >= 11 is 1.84. The molecular formula is C16H19NO2S. The van der Waals surface area contributed by atoms with E-state index < -0.39 is 5.79 Å². The number of anilines is 1. The van der Waals surface area contributed by atoms with Gasteiger partial charge in [-0.1, -0.05) is 0 Å². The smallest absolute Gasteiger partial charge is 0.246 e. The topological polar surface area (TPSA) is 30.5 Å². The van der Waals surface area contributed by atoms with Crippen LogP contribution in [0.25, 0.3) is 0 Å². The first-order valence-electron chi connectivity index (χ1n) is 6.75. The summed E-state index contributed by atoms with van der Waals surface area (Å²) in [7, 11) is 0. The summed E-state index contributed by atoms with van der Waals surface area (Å²) in [4.78, 5) is 2.73. The fourth-order valence-electron chi connectivity index (χ4n) is 2.39. The molecule has 2 heterocycles. The molecule has 20 heavy (non-hydrogen) atoms. The lowest BCUT2D eigenvalue weighted by Gasteiger charge is -2.16. The third-order valence-corrected chi connectivity index (χ3v) is 4.29. The van der Waals surface area contributed by atoms with E-state index in [4.69, 9.17) is 9.47 Å². The Morgan fingerprint density at radius 2 is 1.85 bits per heavy atom. The molecule has 3 rings (SSSR count). The second kappa shape index (κ2) is 4.70. The molecule has 0 spiro atoms. The van der Waals surface area contributed by atoms with E-state index in [9.17, 15) is 0 Å². The molecule has 0 fully saturated rings.